The number of carboxylic acids is 1. The van der Waals surface area contributed by atoms with E-state index in [1.165, 1.54) is 19.3 Å². The third kappa shape index (κ3) is 5.45. The van der Waals surface area contributed by atoms with Crippen LogP contribution in [0.5, 0.6) is 0 Å². The lowest BCUT2D eigenvalue weighted by atomic mass is 9.82. The van der Waals surface area contributed by atoms with Crippen LogP contribution in [0.2, 0.25) is 0 Å². The molecule has 7 nitrogen and oxygen atoms in total. The van der Waals surface area contributed by atoms with E-state index in [0.29, 0.717) is 12.5 Å². The number of fused-ring (bicyclic) bond motifs is 1. The van der Waals surface area contributed by atoms with Crippen molar-refractivity contribution in [1.82, 2.24) is 15.0 Å². The number of hydrogen-bond acceptors (Lipinski definition) is 7. The largest absolute Gasteiger partial charge is 0.490 e. The minimum Gasteiger partial charge on any atom is -0.475 e. The maximum atomic E-state index is 10.6. The summed E-state index contributed by atoms with van der Waals surface area (Å²) in [6.07, 6.45) is 2.42. The second-order valence-electron chi connectivity index (χ2n) is 7.53. The van der Waals surface area contributed by atoms with E-state index in [2.05, 4.69) is 25.2 Å². The van der Waals surface area contributed by atoms with E-state index in [9.17, 15) is 13.2 Å². The second-order valence-corrected chi connectivity index (χ2v) is 8.60. The summed E-state index contributed by atoms with van der Waals surface area (Å²) in [5, 5.41) is 10.3. The van der Waals surface area contributed by atoms with Gasteiger partial charge in [0.05, 0.1) is 23.9 Å². The summed E-state index contributed by atoms with van der Waals surface area (Å²) in [6.45, 7) is 5.55. The molecule has 0 amide bonds. The minimum atomic E-state index is -5.08. The zero-order valence-corrected chi connectivity index (χ0v) is 17.2. The number of alkyl halides is 3. The van der Waals surface area contributed by atoms with E-state index < -0.39 is 12.1 Å². The predicted molar refractivity (Wildman–Crippen MR) is 104 cm³/mol. The van der Waals surface area contributed by atoms with Gasteiger partial charge in [0.1, 0.15) is 0 Å². The van der Waals surface area contributed by atoms with Crippen LogP contribution in [0, 0.1) is 18.3 Å². The van der Waals surface area contributed by atoms with Crippen molar-refractivity contribution in [1.29, 1.82) is 0 Å². The first kappa shape index (κ1) is 22.4. The number of nitrogens with zero attached hydrogens (tertiary/aromatic N) is 4. The van der Waals surface area contributed by atoms with Crippen LogP contribution in [-0.4, -0.2) is 51.9 Å². The molecule has 2 aromatic heterocycles. The first-order chi connectivity index (χ1) is 14.2. The number of aryl methyl sites for hydroxylation is 1. The van der Waals surface area contributed by atoms with Gasteiger partial charge in [0.2, 0.25) is 5.95 Å². The fourth-order valence-corrected chi connectivity index (χ4v) is 4.69. The van der Waals surface area contributed by atoms with Gasteiger partial charge in [-0.3, -0.25) is 0 Å². The van der Waals surface area contributed by atoms with Gasteiger partial charge in [-0.05, 0) is 31.7 Å². The van der Waals surface area contributed by atoms with Gasteiger partial charge in [-0.2, -0.15) is 13.2 Å². The van der Waals surface area contributed by atoms with Crippen LogP contribution in [0.1, 0.15) is 30.0 Å². The van der Waals surface area contributed by atoms with Crippen LogP contribution in [0.3, 0.4) is 0 Å². The summed E-state index contributed by atoms with van der Waals surface area (Å²) in [6, 6.07) is 1.87. The molecular formula is C19H23F3N4O3S. The molecule has 3 heterocycles. The maximum absolute atomic E-state index is 10.6. The highest BCUT2D eigenvalue weighted by Gasteiger charge is 2.50. The van der Waals surface area contributed by atoms with E-state index >= 15 is 0 Å². The topological polar surface area (TPSA) is 88.4 Å². The molecule has 0 unspecified atom stereocenters. The first-order valence-corrected chi connectivity index (χ1v) is 10.4. The molecule has 0 spiro atoms. The third-order valence-corrected chi connectivity index (χ3v) is 6.25. The Morgan fingerprint density at radius 2 is 2.10 bits per heavy atom. The first-order valence-electron chi connectivity index (χ1n) is 9.50. The fourth-order valence-electron chi connectivity index (χ4n) is 4.09. The monoisotopic (exact) mass is 444 g/mol. The SMILES string of the molecule is Cc1nc(COC[C@@]23CCC[C@@H]2CN(c2ncccn2)C3)cs1.O=C(O)C(F)(F)F. The highest BCUT2D eigenvalue weighted by molar-refractivity contribution is 7.09. The van der Waals surface area contributed by atoms with Crippen molar-refractivity contribution < 1.29 is 27.8 Å². The van der Waals surface area contributed by atoms with E-state index in [0.717, 1.165) is 36.3 Å². The highest BCUT2D eigenvalue weighted by atomic mass is 32.1. The maximum Gasteiger partial charge on any atom is 0.490 e. The van der Waals surface area contributed by atoms with Gasteiger partial charge in [-0.15, -0.1) is 11.3 Å². The summed E-state index contributed by atoms with van der Waals surface area (Å²) in [4.78, 5) is 24.5. The van der Waals surface area contributed by atoms with Crippen molar-refractivity contribution in [2.45, 2.75) is 39.0 Å². The zero-order valence-electron chi connectivity index (χ0n) is 16.4. The molecule has 1 saturated carbocycles. The molecule has 1 N–H and O–H groups in total. The summed E-state index contributed by atoms with van der Waals surface area (Å²) in [7, 11) is 0. The van der Waals surface area contributed by atoms with Crippen LogP contribution in [0.25, 0.3) is 0 Å². The van der Waals surface area contributed by atoms with E-state index in [1.807, 2.05) is 25.4 Å². The van der Waals surface area contributed by atoms with Crippen LogP contribution in [0.15, 0.2) is 23.8 Å². The number of carboxylic acid groups (broad SMARTS) is 1. The zero-order chi connectivity index (χ0) is 21.8. The molecule has 1 aliphatic carbocycles. The number of carbonyl (C=O) groups is 1. The molecule has 0 aromatic carbocycles. The summed E-state index contributed by atoms with van der Waals surface area (Å²) < 4.78 is 37.8. The quantitative estimate of drug-likeness (QED) is 0.752. The number of rotatable bonds is 5. The molecule has 11 heteroatoms. The number of aliphatic carboxylic acids is 1. The molecule has 2 atom stereocenters. The van der Waals surface area contributed by atoms with Gasteiger partial charge >= 0.3 is 12.1 Å². The summed E-state index contributed by atoms with van der Waals surface area (Å²) in [5.41, 5.74) is 1.32. The van der Waals surface area contributed by atoms with Crippen molar-refractivity contribution in [2.75, 3.05) is 24.6 Å². The number of thiazole rings is 1. The Morgan fingerprint density at radius 1 is 1.40 bits per heavy atom. The second kappa shape index (κ2) is 9.25. The van der Waals surface area contributed by atoms with Gasteiger partial charge in [-0.1, -0.05) is 6.42 Å². The lowest BCUT2D eigenvalue weighted by molar-refractivity contribution is -0.192. The Bertz CT molecular complexity index is 849. The van der Waals surface area contributed by atoms with E-state index in [-0.39, 0.29) is 5.41 Å². The van der Waals surface area contributed by atoms with E-state index in [1.54, 1.807) is 11.3 Å². The Balaban J connectivity index is 0.000000318. The Morgan fingerprint density at radius 3 is 2.70 bits per heavy atom. The van der Waals surface area contributed by atoms with Crippen molar-refractivity contribution >= 4 is 23.3 Å². The van der Waals surface area contributed by atoms with Crippen molar-refractivity contribution in [3.8, 4) is 0 Å². The van der Waals surface area contributed by atoms with Gasteiger partial charge < -0.3 is 14.7 Å². The average molecular weight is 444 g/mol. The lowest BCUT2D eigenvalue weighted by Gasteiger charge is -2.28. The molecule has 4 rings (SSSR count). The molecule has 2 aromatic rings. The number of ether oxygens (including phenoxy) is 1. The Kier molecular flexibility index (Phi) is 6.91. The predicted octanol–water partition coefficient (Wildman–Crippen LogP) is 3.70. The molecule has 1 saturated heterocycles. The minimum absolute atomic E-state index is 0.268. The normalized spacial score (nSPS) is 23.1. The molecule has 164 valence electrons. The lowest BCUT2D eigenvalue weighted by Crippen LogP contribution is -2.32. The molecule has 2 aliphatic rings. The standard InChI is InChI=1S/C17H22N4OS.C2HF3O2/c1-13-20-15(10-23-13)9-22-12-17-5-2-4-14(17)8-21(11-17)16-18-6-3-7-19-16;3-2(4,5)1(6)7/h3,6-7,10,14H,2,4-5,8-9,11-12H2,1H3;(H,6,7)/t14-,17+;/m1./s1. The number of hydrogen-bond donors (Lipinski definition) is 1. The molecule has 1 aliphatic heterocycles. The Labute approximate surface area is 175 Å². The van der Waals surface area contributed by atoms with Crippen molar-refractivity contribution in [3.05, 3.63) is 34.5 Å². The smallest absolute Gasteiger partial charge is 0.475 e. The van der Waals surface area contributed by atoms with E-state index in [4.69, 9.17) is 14.6 Å². The number of anilines is 1. The van der Waals surface area contributed by atoms with Gasteiger partial charge in [0, 0.05) is 36.3 Å². The average Bonchev–Trinajstić information content (AvgIpc) is 3.36. The Hall–Kier alpha value is -2.27. The van der Waals surface area contributed by atoms with Crippen LogP contribution in [-0.2, 0) is 16.1 Å². The molecule has 0 bridgehead atoms. The number of halogens is 3. The van der Waals surface area contributed by atoms with Gasteiger partial charge in [0.25, 0.3) is 0 Å². The van der Waals surface area contributed by atoms with Crippen LogP contribution < -0.4 is 4.90 Å². The fraction of sp³-hybridized carbons (Fsp3) is 0.579. The van der Waals surface area contributed by atoms with Crippen LogP contribution >= 0.6 is 11.3 Å². The van der Waals surface area contributed by atoms with Gasteiger partial charge in [-0.25, -0.2) is 19.7 Å². The molecule has 0 radical (unpaired) electrons. The summed E-state index contributed by atoms with van der Waals surface area (Å²) >= 11 is 1.69. The van der Waals surface area contributed by atoms with Crippen molar-refractivity contribution in [2.24, 2.45) is 11.3 Å². The molecular weight excluding hydrogens is 421 g/mol. The highest BCUT2D eigenvalue weighted by Crippen LogP contribution is 2.49. The number of aromatic nitrogens is 3. The molecule has 2 fully saturated rings. The van der Waals surface area contributed by atoms with Crippen LogP contribution in [0.4, 0.5) is 19.1 Å². The molecule has 30 heavy (non-hydrogen) atoms. The third-order valence-electron chi connectivity index (χ3n) is 5.42. The summed E-state index contributed by atoms with van der Waals surface area (Å²) in [5.74, 6) is -1.20. The van der Waals surface area contributed by atoms with Gasteiger partial charge in [0.15, 0.2) is 0 Å². The van der Waals surface area contributed by atoms with Crippen molar-refractivity contribution in [3.63, 3.8) is 0 Å².